The van der Waals surface area contributed by atoms with E-state index in [4.69, 9.17) is 5.11 Å². The number of rotatable bonds is 4. The molecule has 0 aromatic heterocycles. The van der Waals surface area contributed by atoms with E-state index in [0.29, 0.717) is 12.3 Å². The summed E-state index contributed by atoms with van der Waals surface area (Å²) in [5.74, 6) is -0.395. The lowest BCUT2D eigenvalue weighted by atomic mass is 9.88. The van der Waals surface area contributed by atoms with Crippen molar-refractivity contribution in [3.8, 4) is 0 Å². The Morgan fingerprint density at radius 1 is 1.42 bits per heavy atom. The monoisotopic (exact) mass is 261 g/mol. The molecule has 0 aliphatic carbocycles. The summed E-state index contributed by atoms with van der Waals surface area (Å²) in [6, 6.07) is 8.50. The summed E-state index contributed by atoms with van der Waals surface area (Å²) in [6.45, 7) is 4.07. The topological polar surface area (TPSA) is 40.5 Å². The lowest BCUT2D eigenvalue weighted by Gasteiger charge is -2.29. The number of likely N-dealkylation sites (tertiary alicyclic amines) is 1. The van der Waals surface area contributed by atoms with Crippen molar-refractivity contribution in [2.75, 3.05) is 20.1 Å². The number of carboxylic acid groups (broad SMARTS) is 1. The van der Waals surface area contributed by atoms with Crippen LogP contribution >= 0.6 is 0 Å². The molecule has 0 spiro atoms. The highest BCUT2D eigenvalue weighted by atomic mass is 16.4. The molecule has 0 saturated carbocycles. The Bertz CT molecular complexity index is 436. The lowest BCUT2D eigenvalue weighted by molar-refractivity contribution is -0.141. The van der Waals surface area contributed by atoms with Gasteiger partial charge in [-0.3, -0.25) is 4.79 Å². The van der Waals surface area contributed by atoms with Crippen molar-refractivity contribution in [3.63, 3.8) is 0 Å². The van der Waals surface area contributed by atoms with Crippen LogP contribution in [-0.4, -0.2) is 36.1 Å². The molecular formula is C16H23NO2. The summed E-state index contributed by atoms with van der Waals surface area (Å²) in [7, 11) is 2.17. The van der Waals surface area contributed by atoms with Crippen molar-refractivity contribution in [2.45, 2.75) is 32.1 Å². The summed E-state index contributed by atoms with van der Waals surface area (Å²) < 4.78 is 0. The van der Waals surface area contributed by atoms with Gasteiger partial charge in [-0.05, 0) is 56.4 Å². The van der Waals surface area contributed by atoms with E-state index in [1.54, 1.807) is 6.92 Å². The van der Waals surface area contributed by atoms with Gasteiger partial charge < -0.3 is 10.0 Å². The molecule has 1 fully saturated rings. The average Bonchev–Trinajstić information content (AvgIpc) is 2.39. The molecule has 1 atom stereocenters. The van der Waals surface area contributed by atoms with Gasteiger partial charge in [0.05, 0.1) is 5.92 Å². The number of benzene rings is 1. The van der Waals surface area contributed by atoms with E-state index in [9.17, 15) is 4.79 Å². The van der Waals surface area contributed by atoms with Crippen LogP contribution in [0, 0.1) is 5.92 Å². The third-order valence-corrected chi connectivity index (χ3v) is 4.10. The summed E-state index contributed by atoms with van der Waals surface area (Å²) in [4.78, 5) is 13.3. The third-order valence-electron chi connectivity index (χ3n) is 4.10. The minimum Gasteiger partial charge on any atom is -0.481 e. The van der Waals surface area contributed by atoms with Crippen molar-refractivity contribution in [1.82, 2.24) is 4.90 Å². The molecule has 19 heavy (non-hydrogen) atoms. The zero-order valence-corrected chi connectivity index (χ0v) is 11.8. The normalized spacial score (nSPS) is 19.3. The van der Waals surface area contributed by atoms with Gasteiger partial charge in [-0.25, -0.2) is 0 Å². The maximum atomic E-state index is 10.9. The molecule has 0 amide bonds. The predicted octanol–water partition coefficient (Wildman–Crippen LogP) is 2.76. The van der Waals surface area contributed by atoms with E-state index in [2.05, 4.69) is 30.1 Å². The van der Waals surface area contributed by atoms with Crippen LogP contribution in [0.5, 0.6) is 0 Å². The fraction of sp³-hybridized carbons (Fsp3) is 0.562. The van der Waals surface area contributed by atoms with Crippen LogP contribution in [-0.2, 0) is 11.2 Å². The molecule has 2 rings (SSSR count). The maximum absolute atomic E-state index is 10.9. The van der Waals surface area contributed by atoms with Gasteiger partial charge in [-0.1, -0.05) is 31.2 Å². The highest BCUT2D eigenvalue weighted by molar-refractivity contribution is 5.69. The van der Waals surface area contributed by atoms with Gasteiger partial charge in [0, 0.05) is 0 Å². The highest BCUT2D eigenvalue weighted by Gasteiger charge is 2.19. The van der Waals surface area contributed by atoms with Crippen LogP contribution in [0.3, 0.4) is 0 Å². The average molecular weight is 261 g/mol. The molecule has 104 valence electrons. The molecular weight excluding hydrogens is 238 g/mol. The minimum absolute atomic E-state index is 0.312. The number of carboxylic acids is 1. The van der Waals surface area contributed by atoms with Gasteiger partial charge in [0.2, 0.25) is 0 Å². The Kier molecular flexibility index (Phi) is 4.59. The number of hydrogen-bond donors (Lipinski definition) is 1. The zero-order valence-electron chi connectivity index (χ0n) is 11.8. The van der Waals surface area contributed by atoms with Crippen LogP contribution < -0.4 is 0 Å². The molecule has 0 radical (unpaired) electrons. The Morgan fingerprint density at radius 3 is 2.74 bits per heavy atom. The third kappa shape index (κ3) is 3.80. The van der Waals surface area contributed by atoms with Gasteiger partial charge in [-0.15, -0.1) is 0 Å². The Hall–Kier alpha value is -1.35. The van der Waals surface area contributed by atoms with Gasteiger partial charge in [-0.2, -0.15) is 0 Å². The van der Waals surface area contributed by atoms with Gasteiger partial charge in [0.25, 0.3) is 0 Å². The minimum atomic E-state index is -0.718. The second-order valence-corrected chi connectivity index (χ2v) is 5.77. The number of aliphatic carboxylic acids is 1. The zero-order chi connectivity index (χ0) is 13.8. The molecule has 1 unspecified atom stereocenters. The Labute approximate surface area is 115 Å². The second kappa shape index (κ2) is 6.20. The highest BCUT2D eigenvalue weighted by Crippen LogP contribution is 2.28. The predicted molar refractivity (Wildman–Crippen MR) is 76.4 cm³/mol. The van der Waals surface area contributed by atoms with Crippen molar-refractivity contribution in [1.29, 1.82) is 0 Å². The first-order valence-corrected chi connectivity index (χ1v) is 7.06. The summed E-state index contributed by atoms with van der Waals surface area (Å²) in [5, 5.41) is 8.98. The van der Waals surface area contributed by atoms with E-state index in [0.717, 1.165) is 18.7 Å². The number of carbonyl (C=O) groups is 1. The molecule has 1 aliphatic rings. The Morgan fingerprint density at radius 2 is 2.11 bits per heavy atom. The fourth-order valence-corrected chi connectivity index (χ4v) is 2.76. The maximum Gasteiger partial charge on any atom is 0.306 e. The first kappa shape index (κ1) is 14.1. The molecule has 1 aliphatic heterocycles. The first-order chi connectivity index (χ1) is 9.06. The van der Waals surface area contributed by atoms with Crippen LogP contribution in [0.4, 0.5) is 0 Å². The summed E-state index contributed by atoms with van der Waals surface area (Å²) in [5.41, 5.74) is 2.52. The van der Waals surface area contributed by atoms with Crippen LogP contribution in [0.2, 0.25) is 0 Å². The smallest absolute Gasteiger partial charge is 0.306 e. The molecule has 1 heterocycles. The van der Waals surface area contributed by atoms with E-state index in [-0.39, 0.29) is 5.92 Å². The summed E-state index contributed by atoms with van der Waals surface area (Å²) in [6.07, 6.45) is 3.03. The molecule has 3 heteroatoms. The quantitative estimate of drug-likeness (QED) is 0.906. The van der Waals surface area contributed by atoms with Crippen LogP contribution in [0.15, 0.2) is 24.3 Å². The number of nitrogens with zero attached hydrogens (tertiary/aromatic N) is 1. The van der Waals surface area contributed by atoms with Gasteiger partial charge >= 0.3 is 5.97 Å². The lowest BCUT2D eigenvalue weighted by Crippen LogP contribution is -2.29. The van der Waals surface area contributed by atoms with E-state index in [1.165, 1.54) is 18.4 Å². The molecule has 1 aromatic carbocycles. The fourth-order valence-electron chi connectivity index (χ4n) is 2.76. The molecule has 0 bridgehead atoms. The van der Waals surface area contributed by atoms with Crippen molar-refractivity contribution >= 4 is 5.97 Å². The van der Waals surface area contributed by atoms with Gasteiger partial charge in [0.15, 0.2) is 0 Å². The van der Waals surface area contributed by atoms with Gasteiger partial charge in [0.1, 0.15) is 0 Å². The van der Waals surface area contributed by atoms with Crippen LogP contribution in [0.1, 0.15) is 36.8 Å². The SMILES string of the molecule is CC(Cc1cccc(C2CCN(C)CC2)c1)C(=O)O. The Balaban J connectivity index is 2.04. The van der Waals surface area contributed by atoms with E-state index >= 15 is 0 Å². The first-order valence-electron chi connectivity index (χ1n) is 7.06. The molecule has 1 aromatic rings. The van der Waals surface area contributed by atoms with E-state index < -0.39 is 5.97 Å². The van der Waals surface area contributed by atoms with Crippen LogP contribution in [0.25, 0.3) is 0 Å². The van der Waals surface area contributed by atoms with E-state index in [1.807, 2.05) is 6.07 Å². The molecule has 1 saturated heterocycles. The summed E-state index contributed by atoms with van der Waals surface area (Å²) >= 11 is 0. The second-order valence-electron chi connectivity index (χ2n) is 5.77. The number of hydrogen-bond acceptors (Lipinski definition) is 2. The largest absolute Gasteiger partial charge is 0.481 e. The van der Waals surface area contributed by atoms with Crippen molar-refractivity contribution < 1.29 is 9.90 Å². The van der Waals surface area contributed by atoms with Crippen molar-refractivity contribution in [2.24, 2.45) is 5.92 Å². The van der Waals surface area contributed by atoms with Crippen molar-refractivity contribution in [3.05, 3.63) is 35.4 Å². The molecule has 1 N–H and O–H groups in total. The number of piperidine rings is 1. The standard InChI is InChI=1S/C16H23NO2/c1-12(16(18)19)10-13-4-3-5-15(11-13)14-6-8-17(2)9-7-14/h3-5,11-12,14H,6-10H2,1-2H3,(H,18,19). The molecule has 3 nitrogen and oxygen atoms in total.